The van der Waals surface area contributed by atoms with E-state index in [1.54, 1.807) is 0 Å². The number of aromatic nitrogens is 2. The smallest absolute Gasteiger partial charge is 0.145 e. The zero-order valence-corrected chi connectivity index (χ0v) is 10.2. The highest BCUT2D eigenvalue weighted by molar-refractivity contribution is 9.10. The predicted molar refractivity (Wildman–Crippen MR) is 63.3 cm³/mol. The molecule has 0 aliphatic heterocycles. The van der Waals surface area contributed by atoms with Crippen LogP contribution in [0.1, 0.15) is 11.3 Å². The van der Waals surface area contributed by atoms with Crippen molar-refractivity contribution >= 4 is 21.7 Å². The normalized spacial score (nSPS) is 10.5. The van der Waals surface area contributed by atoms with Gasteiger partial charge < -0.3 is 5.73 Å². The van der Waals surface area contributed by atoms with E-state index in [2.05, 4.69) is 25.9 Å². The van der Waals surface area contributed by atoms with Gasteiger partial charge in [0.15, 0.2) is 0 Å². The van der Waals surface area contributed by atoms with Gasteiger partial charge in [-0.2, -0.15) is 0 Å². The molecule has 3 nitrogen and oxygen atoms in total. The summed E-state index contributed by atoms with van der Waals surface area (Å²) in [6.07, 6.45) is 1.40. The number of rotatable bonds is 2. The zero-order chi connectivity index (χ0) is 12.4. The fourth-order valence-electron chi connectivity index (χ4n) is 1.41. The van der Waals surface area contributed by atoms with E-state index in [-0.39, 0.29) is 17.8 Å². The Hall–Kier alpha value is -1.56. The van der Waals surface area contributed by atoms with E-state index in [0.717, 1.165) is 0 Å². The third-order valence-electron chi connectivity index (χ3n) is 2.25. The third-order valence-corrected chi connectivity index (χ3v) is 2.64. The van der Waals surface area contributed by atoms with Gasteiger partial charge in [-0.25, -0.2) is 18.7 Å². The molecule has 0 fully saturated rings. The summed E-state index contributed by atoms with van der Waals surface area (Å²) in [6.45, 7) is 0. The minimum Gasteiger partial charge on any atom is -0.382 e. The van der Waals surface area contributed by atoms with Crippen molar-refractivity contribution in [2.45, 2.75) is 6.42 Å². The Morgan fingerprint density at radius 2 is 1.88 bits per heavy atom. The van der Waals surface area contributed by atoms with Crippen molar-refractivity contribution < 1.29 is 8.78 Å². The molecule has 1 heterocycles. The first kappa shape index (κ1) is 11.9. The topological polar surface area (TPSA) is 51.8 Å². The summed E-state index contributed by atoms with van der Waals surface area (Å²) in [5.74, 6) is -1.08. The monoisotopic (exact) mass is 299 g/mol. The Bertz CT molecular complexity index is 540. The highest BCUT2D eigenvalue weighted by Crippen LogP contribution is 2.19. The number of anilines is 1. The van der Waals surface area contributed by atoms with Crippen LogP contribution in [-0.2, 0) is 6.42 Å². The van der Waals surface area contributed by atoms with Gasteiger partial charge in [0.25, 0.3) is 0 Å². The van der Waals surface area contributed by atoms with Crippen molar-refractivity contribution in [2.24, 2.45) is 0 Å². The van der Waals surface area contributed by atoms with Gasteiger partial charge in [0.05, 0.1) is 11.9 Å². The summed E-state index contributed by atoms with van der Waals surface area (Å²) in [7, 11) is 0. The first-order valence-corrected chi connectivity index (χ1v) is 5.57. The molecule has 0 radical (unpaired) electrons. The minimum atomic E-state index is -0.619. The number of nitrogens with zero attached hydrogens (tertiary/aromatic N) is 2. The van der Waals surface area contributed by atoms with Crippen molar-refractivity contribution in [2.75, 3.05) is 5.73 Å². The van der Waals surface area contributed by atoms with Crippen LogP contribution >= 0.6 is 15.9 Å². The van der Waals surface area contributed by atoms with E-state index in [9.17, 15) is 8.78 Å². The van der Waals surface area contributed by atoms with Crippen LogP contribution in [0.5, 0.6) is 0 Å². The molecule has 1 aromatic heterocycles. The maximum absolute atomic E-state index is 13.4. The van der Waals surface area contributed by atoms with Crippen LogP contribution in [0.2, 0.25) is 0 Å². The molecule has 0 amide bonds. The molecule has 88 valence electrons. The Balaban J connectivity index is 2.41. The van der Waals surface area contributed by atoms with Crippen molar-refractivity contribution in [3.8, 4) is 0 Å². The van der Waals surface area contributed by atoms with Crippen LogP contribution in [0.4, 0.5) is 14.6 Å². The van der Waals surface area contributed by atoms with Crippen LogP contribution in [0.25, 0.3) is 0 Å². The lowest BCUT2D eigenvalue weighted by atomic mass is 10.1. The van der Waals surface area contributed by atoms with Crippen LogP contribution in [0.15, 0.2) is 29.0 Å². The highest BCUT2D eigenvalue weighted by atomic mass is 79.9. The number of hydrogen-bond donors (Lipinski definition) is 1. The number of nitrogens with two attached hydrogens (primary N) is 1. The Labute approximate surface area is 105 Å². The van der Waals surface area contributed by atoms with E-state index in [1.165, 1.54) is 24.4 Å². The molecule has 0 saturated carbocycles. The third kappa shape index (κ3) is 2.58. The molecule has 0 aliphatic rings. The number of nitrogen functional groups attached to an aromatic ring is 1. The lowest BCUT2D eigenvalue weighted by Crippen LogP contribution is -2.05. The second-order valence-corrected chi connectivity index (χ2v) is 4.21. The summed E-state index contributed by atoms with van der Waals surface area (Å²) in [4.78, 5) is 7.90. The molecule has 6 heteroatoms. The van der Waals surface area contributed by atoms with Gasteiger partial charge in [-0.3, -0.25) is 0 Å². The standard InChI is InChI=1S/C11H8BrF2N3/c12-10-5-16-11(15)9(17-10)4-6-7(13)2-1-3-8(6)14/h1-3,5H,4H2,(H2,15,16). The average Bonchev–Trinajstić information content (AvgIpc) is 2.28. The van der Waals surface area contributed by atoms with Crippen molar-refractivity contribution in [1.82, 2.24) is 9.97 Å². The quantitative estimate of drug-likeness (QED) is 0.927. The van der Waals surface area contributed by atoms with Gasteiger partial charge in [-0.05, 0) is 28.1 Å². The second kappa shape index (κ2) is 4.75. The number of benzene rings is 1. The minimum absolute atomic E-state index is 0.0310. The summed E-state index contributed by atoms with van der Waals surface area (Å²) in [6, 6.07) is 3.70. The van der Waals surface area contributed by atoms with Crippen LogP contribution in [0, 0.1) is 11.6 Å². The van der Waals surface area contributed by atoms with Gasteiger partial charge >= 0.3 is 0 Å². The van der Waals surface area contributed by atoms with E-state index in [1.807, 2.05) is 0 Å². The van der Waals surface area contributed by atoms with E-state index >= 15 is 0 Å². The summed E-state index contributed by atoms with van der Waals surface area (Å²) in [5.41, 5.74) is 5.87. The molecule has 2 rings (SSSR count). The molecule has 17 heavy (non-hydrogen) atoms. The lowest BCUT2D eigenvalue weighted by Gasteiger charge is -2.06. The summed E-state index contributed by atoms with van der Waals surface area (Å²) in [5, 5.41) is 0. The first-order chi connectivity index (χ1) is 8.08. The molecule has 1 aromatic carbocycles. The highest BCUT2D eigenvalue weighted by Gasteiger charge is 2.12. The molecule has 0 unspecified atom stereocenters. The van der Waals surface area contributed by atoms with E-state index in [0.29, 0.717) is 10.3 Å². The maximum Gasteiger partial charge on any atom is 0.145 e. The number of hydrogen-bond acceptors (Lipinski definition) is 3. The zero-order valence-electron chi connectivity index (χ0n) is 8.62. The van der Waals surface area contributed by atoms with E-state index < -0.39 is 11.6 Å². The van der Waals surface area contributed by atoms with Crippen molar-refractivity contribution in [1.29, 1.82) is 0 Å². The SMILES string of the molecule is Nc1ncc(Br)nc1Cc1c(F)cccc1F. The van der Waals surface area contributed by atoms with Gasteiger partial charge in [0, 0.05) is 12.0 Å². The first-order valence-electron chi connectivity index (χ1n) is 4.77. The van der Waals surface area contributed by atoms with Crippen LogP contribution < -0.4 is 5.73 Å². The van der Waals surface area contributed by atoms with E-state index in [4.69, 9.17) is 5.73 Å². The fourth-order valence-corrected chi connectivity index (χ4v) is 1.73. The van der Waals surface area contributed by atoms with Gasteiger partial charge in [-0.1, -0.05) is 6.07 Å². The molecule has 2 N–H and O–H groups in total. The molecule has 0 aliphatic carbocycles. The average molecular weight is 300 g/mol. The molecule has 0 spiro atoms. The van der Waals surface area contributed by atoms with Gasteiger partial charge in [0.1, 0.15) is 22.1 Å². The lowest BCUT2D eigenvalue weighted by molar-refractivity contribution is 0.560. The molecule has 0 bridgehead atoms. The largest absolute Gasteiger partial charge is 0.382 e. The van der Waals surface area contributed by atoms with Crippen LogP contribution in [0.3, 0.4) is 0 Å². The Morgan fingerprint density at radius 1 is 1.24 bits per heavy atom. The van der Waals surface area contributed by atoms with Crippen molar-refractivity contribution in [3.05, 3.63) is 51.9 Å². The summed E-state index contributed by atoms with van der Waals surface area (Å²) < 4.78 is 27.3. The number of halogens is 3. The molecule has 0 saturated heterocycles. The molecular formula is C11H8BrF2N3. The second-order valence-electron chi connectivity index (χ2n) is 3.40. The Kier molecular flexibility index (Phi) is 3.33. The molecular weight excluding hydrogens is 292 g/mol. The molecule has 0 atom stereocenters. The maximum atomic E-state index is 13.4. The van der Waals surface area contributed by atoms with Gasteiger partial charge in [0.2, 0.25) is 0 Å². The Morgan fingerprint density at radius 3 is 2.53 bits per heavy atom. The van der Waals surface area contributed by atoms with Crippen LogP contribution in [-0.4, -0.2) is 9.97 Å². The molecule has 2 aromatic rings. The predicted octanol–water partition coefficient (Wildman–Crippen LogP) is 2.69. The summed E-state index contributed by atoms with van der Waals surface area (Å²) >= 11 is 3.13. The fraction of sp³-hybridized carbons (Fsp3) is 0.0909. The van der Waals surface area contributed by atoms with Gasteiger partial charge in [-0.15, -0.1) is 0 Å². The van der Waals surface area contributed by atoms with Crippen molar-refractivity contribution in [3.63, 3.8) is 0 Å².